The summed E-state index contributed by atoms with van der Waals surface area (Å²) in [4.78, 5) is 16.3. The number of aryl methyl sites for hydroxylation is 1. The number of likely N-dealkylation sites (tertiary alicyclic amines) is 1. The van der Waals surface area contributed by atoms with Gasteiger partial charge in [0.25, 0.3) is 0 Å². The van der Waals surface area contributed by atoms with Crippen molar-refractivity contribution in [3.8, 4) is 6.07 Å². The maximum atomic E-state index is 12.4. The molecule has 200 valence electrons. The van der Waals surface area contributed by atoms with Crippen LogP contribution in [0.2, 0.25) is 0 Å². The predicted molar refractivity (Wildman–Crippen MR) is 150 cm³/mol. The van der Waals surface area contributed by atoms with Crippen molar-refractivity contribution >= 4 is 29.2 Å². The molecule has 0 atom stereocenters. The number of hydrogen-bond donors (Lipinski definition) is 0. The number of fused-ring (bicyclic) bond motifs is 1. The molecule has 0 unspecified atom stereocenters. The highest BCUT2D eigenvalue weighted by atomic mass is 16.6. The van der Waals surface area contributed by atoms with Gasteiger partial charge in [0.15, 0.2) is 5.58 Å². The van der Waals surface area contributed by atoms with Crippen molar-refractivity contribution < 1.29 is 14.1 Å². The Balaban J connectivity index is 1.44. The Bertz CT molecular complexity index is 1320. The predicted octanol–water partition coefficient (Wildman–Crippen LogP) is 6.51. The van der Waals surface area contributed by atoms with Crippen molar-refractivity contribution in [3.63, 3.8) is 0 Å². The Kier molecular flexibility index (Phi) is 8.53. The number of amides is 1. The number of nitriles is 1. The summed E-state index contributed by atoms with van der Waals surface area (Å²) in [5.41, 5.74) is 5.27. The van der Waals surface area contributed by atoms with Crippen LogP contribution in [0.1, 0.15) is 68.0 Å². The van der Waals surface area contributed by atoms with E-state index in [1.807, 2.05) is 64.0 Å². The fourth-order valence-electron chi connectivity index (χ4n) is 4.87. The molecule has 1 aliphatic rings. The minimum absolute atomic E-state index is 0.212. The number of benzene rings is 2. The fourth-order valence-corrected chi connectivity index (χ4v) is 4.87. The van der Waals surface area contributed by atoms with E-state index in [9.17, 15) is 4.79 Å². The topological polar surface area (TPSA) is 82.6 Å². The summed E-state index contributed by atoms with van der Waals surface area (Å²) in [6.45, 7) is 7.92. The first-order chi connectivity index (χ1) is 18.1. The minimum atomic E-state index is -0.466. The zero-order chi connectivity index (χ0) is 27.3. The van der Waals surface area contributed by atoms with Crippen LogP contribution in [-0.2, 0) is 17.7 Å². The van der Waals surface area contributed by atoms with Crippen LogP contribution in [0.5, 0.6) is 0 Å². The standard InChI is InChI=1S/C31H38N4O3/c1-31(2,3)37-30(36)35-18-16-23(17-19-35)11-15-28-26-14-13-25(27(21-34(4)5)29(26)38-33-28)12-10-22-6-8-24(20-32)9-7-22/h6-10,12-14,23H,11,15-19,21H2,1-5H3/b12-10+. The summed E-state index contributed by atoms with van der Waals surface area (Å²) in [6, 6.07) is 14.0. The SMILES string of the molecule is CN(C)Cc1c(/C=C/c2ccc(C#N)cc2)ccc2c(CCC3CCN(C(=O)OC(C)(C)C)CC3)noc12. The highest BCUT2D eigenvalue weighted by Crippen LogP contribution is 2.30. The van der Waals surface area contributed by atoms with Gasteiger partial charge in [-0.05, 0) is 95.8 Å². The van der Waals surface area contributed by atoms with Crippen molar-refractivity contribution in [2.45, 2.75) is 58.6 Å². The number of carbonyl (C=O) groups is 1. The molecule has 0 saturated carbocycles. The maximum Gasteiger partial charge on any atom is 0.410 e. The second-order valence-corrected chi connectivity index (χ2v) is 11.4. The molecule has 7 nitrogen and oxygen atoms in total. The summed E-state index contributed by atoms with van der Waals surface area (Å²) in [5.74, 6) is 0.552. The van der Waals surface area contributed by atoms with Gasteiger partial charge in [-0.25, -0.2) is 4.79 Å². The normalized spacial score (nSPS) is 14.9. The molecule has 1 saturated heterocycles. The van der Waals surface area contributed by atoms with Crippen LogP contribution in [0.4, 0.5) is 4.79 Å². The Morgan fingerprint density at radius 1 is 1.16 bits per heavy atom. The average Bonchev–Trinajstić information content (AvgIpc) is 3.29. The van der Waals surface area contributed by atoms with Crippen LogP contribution in [-0.4, -0.2) is 53.8 Å². The fraction of sp³-hybridized carbons (Fsp3) is 0.452. The van der Waals surface area contributed by atoms with Gasteiger partial charge in [0.05, 0.1) is 17.3 Å². The van der Waals surface area contributed by atoms with E-state index in [1.54, 1.807) is 0 Å². The molecule has 1 aromatic heterocycles. The van der Waals surface area contributed by atoms with Crippen molar-refractivity contribution in [1.29, 1.82) is 5.26 Å². The maximum absolute atomic E-state index is 12.4. The van der Waals surface area contributed by atoms with Crippen LogP contribution < -0.4 is 0 Å². The molecule has 1 amide bonds. The van der Waals surface area contributed by atoms with Gasteiger partial charge < -0.3 is 19.1 Å². The monoisotopic (exact) mass is 514 g/mol. The molecular formula is C31H38N4O3. The van der Waals surface area contributed by atoms with Gasteiger partial charge in [-0.3, -0.25) is 0 Å². The molecule has 3 aromatic rings. The van der Waals surface area contributed by atoms with Crippen LogP contribution in [0.25, 0.3) is 23.1 Å². The molecule has 1 aliphatic heterocycles. The van der Waals surface area contributed by atoms with Gasteiger partial charge in [-0.15, -0.1) is 0 Å². The molecular weight excluding hydrogens is 476 g/mol. The summed E-state index contributed by atoms with van der Waals surface area (Å²) in [7, 11) is 4.10. The number of aromatic nitrogens is 1. The zero-order valence-corrected chi connectivity index (χ0v) is 23.2. The third-order valence-electron chi connectivity index (χ3n) is 6.88. The summed E-state index contributed by atoms with van der Waals surface area (Å²) in [6.07, 6.45) is 7.77. The van der Waals surface area contributed by atoms with Gasteiger partial charge in [0.2, 0.25) is 0 Å². The first-order valence-electron chi connectivity index (χ1n) is 13.3. The van der Waals surface area contributed by atoms with Crippen LogP contribution in [0.15, 0.2) is 40.9 Å². The molecule has 2 aromatic carbocycles. The quantitative estimate of drug-likeness (QED) is 0.334. The van der Waals surface area contributed by atoms with E-state index < -0.39 is 5.60 Å². The lowest BCUT2D eigenvalue weighted by atomic mass is 9.91. The van der Waals surface area contributed by atoms with Gasteiger partial charge >= 0.3 is 6.09 Å². The Morgan fingerprint density at radius 2 is 1.87 bits per heavy atom. The van der Waals surface area contributed by atoms with E-state index >= 15 is 0 Å². The smallest absolute Gasteiger partial charge is 0.410 e. The molecule has 38 heavy (non-hydrogen) atoms. The van der Waals surface area contributed by atoms with E-state index in [1.165, 1.54) is 0 Å². The van der Waals surface area contributed by atoms with Gasteiger partial charge in [-0.2, -0.15) is 5.26 Å². The molecule has 7 heteroatoms. The minimum Gasteiger partial charge on any atom is -0.444 e. The van der Waals surface area contributed by atoms with Crippen LogP contribution in [0.3, 0.4) is 0 Å². The van der Waals surface area contributed by atoms with Crippen molar-refractivity contribution in [2.24, 2.45) is 5.92 Å². The van der Waals surface area contributed by atoms with Gasteiger partial charge in [0.1, 0.15) is 5.60 Å². The molecule has 0 aliphatic carbocycles. The Hall–Kier alpha value is -3.63. The second-order valence-electron chi connectivity index (χ2n) is 11.4. The molecule has 0 bridgehead atoms. The van der Waals surface area contributed by atoms with Crippen LogP contribution >= 0.6 is 0 Å². The second kappa shape index (κ2) is 11.8. The first-order valence-corrected chi connectivity index (χ1v) is 13.3. The van der Waals surface area contributed by atoms with E-state index in [0.717, 1.165) is 78.7 Å². The summed E-state index contributed by atoms with van der Waals surface area (Å²) < 4.78 is 11.4. The number of carbonyl (C=O) groups excluding carboxylic acids is 1. The number of rotatable bonds is 7. The molecule has 0 radical (unpaired) electrons. The molecule has 0 spiro atoms. The lowest BCUT2D eigenvalue weighted by molar-refractivity contribution is 0.0181. The van der Waals surface area contributed by atoms with Crippen molar-refractivity contribution in [1.82, 2.24) is 15.0 Å². The first kappa shape index (κ1) is 27.4. The molecule has 4 rings (SSSR count). The van der Waals surface area contributed by atoms with Crippen molar-refractivity contribution in [2.75, 3.05) is 27.2 Å². The largest absolute Gasteiger partial charge is 0.444 e. The molecule has 2 heterocycles. The van der Waals surface area contributed by atoms with Crippen LogP contribution in [0, 0.1) is 17.2 Å². The molecule has 1 fully saturated rings. The summed E-state index contributed by atoms with van der Waals surface area (Å²) >= 11 is 0. The van der Waals surface area contributed by atoms with E-state index in [2.05, 4.69) is 40.4 Å². The van der Waals surface area contributed by atoms with Gasteiger partial charge in [0, 0.05) is 30.6 Å². The average molecular weight is 515 g/mol. The van der Waals surface area contributed by atoms with E-state index in [0.29, 0.717) is 11.5 Å². The Morgan fingerprint density at radius 3 is 2.50 bits per heavy atom. The third-order valence-corrected chi connectivity index (χ3v) is 6.88. The molecule has 0 N–H and O–H groups in total. The number of nitrogens with zero attached hydrogens (tertiary/aromatic N) is 4. The van der Waals surface area contributed by atoms with E-state index in [4.69, 9.17) is 14.5 Å². The Labute approximate surface area is 225 Å². The highest BCUT2D eigenvalue weighted by Gasteiger charge is 2.27. The van der Waals surface area contributed by atoms with Crippen molar-refractivity contribution in [3.05, 3.63) is 64.3 Å². The number of piperidine rings is 1. The number of hydrogen-bond acceptors (Lipinski definition) is 6. The lowest BCUT2D eigenvalue weighted by Gasteiger charge is -2.33. The van der Waals surface area contributed by atoms with E-state index in [-0.39, 0.29) is 6.09 Å². The third kappa shape index (κ3) is 7.02. The van der Waals surface area contributed by atoms with Gasteiger partial charge in [-0.1, -0.05) is 35.5 Å². The summed E-state index contributed by atoms with van der Waals surface area (Å²) in [5, 5.41) is 14.6. The lowest BCUT2D eigenvalue weighted by Crippen LogP contribution is -2.41. The number of ether oxygens (including phenoxy) is 1. The zero-order valence-electron chi connectivity index (χ0n) is 23.2. The highest BCUT2D eigenvalue weighted by molar-refractivity contribution is 5.87.